The van der Waals surface area contributed by atoms with Crippen molar-refractivity contribution in [2.24, 2.45) is 0 Å². The van der Waals surface area contributed by atoms with E-state index in [0.29, 0.717) is 0 Å². The normalized spacial score (nSPS) is 13.1. The molecular formula is C78H66BN3. The number of fused-ring (bicyclic) bond motifs is 15. The molecule has 0 amide bonds. The quantitative estimate of drug-likeness (QED) is 0.160. The highest BCUT2D eigenvalue weighted by Crippen LogP contribution is 2.47. The largest absolute Gasteiger partial charge is 0.311 e. The van der Waals surface area contributed by atoms with E-state index < -0.39 is 0 Å². The number of benzene rings is 11. The van der Waals surface area contributed by atoms with Gasteiger partial charge >= 0.3 is 0 Å². The van der Waals surface area contributed by atoms with E-state index in [1.807, 2.05) is 0 Å². The smallest absolute Gasteiger partial charge is 0.252 e. The molecule has 0 N–H and O–H groups in total. The van der Waals surface area contributed by atoms with Crippen molar-refractivity contribution in [2.75, 3.05) is 4.90 Å². The van der Waals surface area contributed by atoms with E-state index in [1.54, 1.807) is 0 Å². The number of hydrogen-bond acceptors (Lipinski definition) is 1. The fourth-order valence-electron chi connectivity index (χ4n) is 13.8. The van der Waals surface area contributed by atoms with E-state index in [1.165, 1.54) is 132 Å². The minimum atomic E-state index is -0.123. The molecule has 0 fully saturated rings. The van der Waals surface area contributed by atoms with Crippen LogP contribution in [0.1, 0.15) is 79.0 Å². The fourth-order valence-corrected chi connectivity index (χ4v) is 13.8. The standard InChI is InChI=1S/C78H66BN3/c1-76(2,3)52-34-31-49(32-35-52)51-33-40-65-72(45-51)81(67-29-19-17-23-56(67)50-21-11-10-12-22-50)71-44-39-62-60-27-16-14-25-58(60)57-24-13-15-26-59(57)61-28-18-20-30-68(61)82-73-48-55(38-41-66(73)79(65)74(71)75(62)82)80-69-42-36-53(77(4,5)6)46-63(69)64-47-54(78(7,8)9)37-43-70(64)80/h10-48H,1-9H3. The average molecular weight is 1060 g/mol. The highest BCUT2D eigenvalue weighted by molar-refractivity contribution is 7.00. The van der Waals surface area contributed by atoms with Crippen molar-refractivity contribution in [3.63, 3.8) is 0 Å². The van der Waals surface area contributed by atoms with Gasteiger partial charge in [0.15, 0.2) is 0 Å². The van der Waals surface area contributed by atoms with E-state index in [-0.39, 0.29) is 23.0 Å². The van der Waals surface area contributed by atoms with Crippen molar-refractivity contribution in [2.45, 2.75) is 78.6 Å². The first-order chi connectivity index (χ1) is 39.6. The monoisotopic (exact) mass is 1060 g/mol. The molecule has 4 heterocycles. The Morgan fingerprint density at radius 2 is 0.793 bits per heavy atom. The molecule has 0 unspecified atom stereocenters. The lowest BCUT2D eigenvalue weighted by Crippen LogP contribution is -2.60. The van der Waals surface area contributed by atoms with Gasteiger partial charge in [0.25, 0.3) is 6.71 Å². The molecule has 3 nitrogen and oxygen atoms in total. The third-order valence-corrected chi connectivity index (χ3v) is 18.0. The molecule has 2 aliphatic rings. The maximum absolute atomic E-state index is 2.67. The van der Waals surface area contributed by atoms with Crippen molar-refractivity contribution in [1.29, 1.82) is 0 Å². The molecule has 4 heteroatoms. The van der Waals surface area contributed by atoms with E-state index in [4.69, 9.17) is 0 Å². The molecule has 15 rings (SSSR count). The van der Waals surface area contributed by atoms with Gasteiger partial charge in [0.05, 0.1) is 27.8 Å². The first-order valence-electron chi connectivity index (χ1n) is 29.3. The summed E-state index contributed by atoms with van der Waals surface area (Å²) in [4.78, 5) is 2.60. The van der Waals surface area contributed by atoms with Crippen LogP contribution in [-0.2, 0) is 16.2 Å². The van der Waals surface area contributed by atoms with Crippen LogP contribution in [0, 0.1) is 0 Å². The van der Waals surface area contributed by atoms with E-state index in [9.17, 15) is 0 Å². The van der Waals surface area contributed by atoms with E-state index >= 15 is 0 Å². The predicted molar refractivity (Wildman–Crippen MR) is 354 cm³/mol. The highest BCUT2D eigenvalue weighted by Gasteiger charge is 2.42. The lowest BCUT2D eigenvalue weighted by molar-refractivity contribution is 0.590. The average Bonchev–Trinajstić information content (AvgIpc) is 1.37. The van der Waals surface area contributed by atoms with Crippen molar-refractivity contribution >= 4 is 105 Å². The summed E-state index contributed by atoms with van der Waals surface area (Å²) in [6.07, 6.45) is 0. The van der Waals surface area contributed by atoms with Crippen LogP contribution in [0.4, 0.5) is 17.1 Å². The maximum atomic E-state index is 2.67. The minimum absolute atomic E-state index is 0.0119. The van der Waals surface area contributed by atoms with Crippen molar-refractivity contribution in [3.8, 4) is 33.6 Å². The predicted octanol–water partition coefficient (Wildman–Crippen LogP) is 19.2. The van der Waals surface area contributed by atoms with Crippen LogP contribution in [-0.4, -0.2) is 15.8 Å². The van der Waals surface area contributed by atoms with Crippen LogP contribution in [0.15, 0.2) is 237 Å². The molecular weight excluding hydrogens is 990 g/mol. The van der Waals surface area contributed by atoms with Crippen molar-refractivity contribution in [1.82, 2.24) is 9.13 Å². The first kappa shape index (κ1) is 49.9. The molecule has 0 atom stereocenters. The summed E-state index contributed by atoms with van der Waals surface area (Å²) in [6, 6.07) is 90.5. The van der Waals surface area contributed by atoms with Crippen LogP contribution in [0.25, 0.3) is 98.8 Å². The molecule has 82 heavy (non-hydrogen) atoms. The Morgan fingerprint density at radius 1 is 0.293 bits per heavy atom. The first-order valence-corrected chi connectivity index (χ1v) is 29.3. The maximum Gasteiger partial charge on any atom is 0.252 e. The molecule has 0 saturated carbocycles. The van der Waals surface area contributed by atoms with Gasteiger partial charge in [0.2, 0.25) is 0 Å². The molecule has 0 radical (unpaired) electrons. The highest BCUT2D eigenvalue weighted by atomic mass is 15.2. The zero-order chi connectivity index (χ0) is 56.0. The third kappa shape index (κ3) is 7.71. The summed E-state index contributed by atoms with van der Waals surface area (Å²) in [7, 11) is 0. The number of aromatic nitrogens is 2. The van der Waals surface area contributed by atoms with Gasteiger partial charge < -0.3 is 14.0 Å². The van der Waals surface area contributed by atoms with Gasteiger partial charge in [-0.1, -0.05) is 238 Å². The molecule has 0 spiro atoms. The van der Waals surface area contributed by atoms with E-state index in [0.717, 1.165) is 16.9 Å². The molecule has 0 aliphatic carbocycles. The second kappa shape index (κ2) is 18.2. The van der Waals surface area contributed by atoms with Crippen LogP contribution in [0.5, 0.6) is 0 Å². The molecule has 2 aromatic heterocycles. The van der Waals surface area contributed by atoms with Crippen LogP contribution in [0.3, 0.4) is 0 Å². The van der Waals surface area contributed by atoms with Crippen LogP contribution in [0.2, 0.25) is 0 Å². The molecule has 0 saturated heterocycles. The van der Waals surface area contributed by atoms with E-state index in [2.05, 4.69) is 313 Å². The minimum Gasteiger partial charge on any atom is -0.311 e. The summed E-state index contributed by atoms with van der Waals surface area (Å²) in [6.45, 7) is 20.7. The summed E-state index contributed by atoms with van der Waals surface area (Å²) < 4.78 is 5.20. The van der Waals surface area contributed by atoms with Gasteiger partial charge in [-0.05, 0) is 148 Å². The second-order valence-corrected chi connectivity index (χ2v) is 26.1. The van der Waals surface area contributed by atoms with Gasteiger partial charge in [-0.2, -0.15) is 0 Å². The Balaban J connectivity index is 1.12. The molecule has 13 aromatic rings. The molecule has 396 valence electrons. The Hall–Kier alpha value is -9.12. The summed E-state index contributed by atoms with van der Waals surface area (Å²) in [5, 5.41) is 9.84. The van der Waals surface area contributed by atoms with Gasteiger partial charge in [0.1, 0.15) is 0 Å². The fraction of sp³-hybridized carbons (Fsp3) is 0.154. The molecule has 0 bridgehead atoms. The Kier molecular flexibility index (Phi) is 11.1. The summed E-state index contributed by atoms with van der Waals surface area (Å²) in [5.41, 5.74) is 23.2. The number of hydrogen-bond donors (Lipinski definition) is 0. The lowest BCUT2D eigenvalue weighted by atomic mass is 9.33. The van der Waals surface area contributed by atoms with Crippen molar-refractivity contribution in [3.05, 3.63) is 253 Å². The van der Waals surface area contributed by atoms with Crippen LogP contribution < -0.4 is 21.3 Å². The van der Waals surface area contributed by atoms with Gasteiger partial charge in [0, 0.05) is 49.9 Å². The number of rotatable bonds is 4. The van der Waals surface area contributed by atoms with Gasteiger partial charge in [-0.25, -0.2) is 0 Å². The Morgan fingerprint density at radius 3 is 1.43 bits per heavy atom. The summed E-state index contributed by atoms with van der Waals surface area (Å²) >= 11 is 0. The van der Waals surface area contributed by atoms with Crippen molar-refractivity contribution < 1.29 is 0 Å². The number of para-hydroxylation sites is 2. The number of nitrogens with zero attached hydrogens (tertiary/aromatic N) is 3. The van der Waals surface area contributed by atoms with Gasteiger partial charge in [-0.15, -0.1) is 0 Å². The Labute approximate surface area is 482 Å². The van der Waals surface area contributed by atoms with Gasteiger partial charge in [-0.3, -0.25) is 0 Å². The molecule has 11 aromatic carbocycles. The number of anilines is 3. The molecule has 2 aliphatic heterocycles. The second-order valence-electron chi connectivity index (χ2n) is 26.1. The topological polar surface area (TPSA) is 13.1 Å². The zero-order valence-corrected chi connectivity index (χ0v) is 48.4. The SMILES string of the molecule is CC(C)(C)c1ccc(-c2ccc3c(c2)N(c2ccccc2-c2ccccc2)c2ccc4c5ccccc5c5ccccc5c5ccccc5n5c4c2B3c2ccc(-n3c4ccc(C(C)(C)C)cc4c4cc(C(C)(C)C)ccc43)cc2-5)cc1. The zero-order valence-electron chi connectivity index (χ0n) is 48.4. The Bertz CT molecular complexity index is 4790. The summed E-state index contributed by atoms with van der Waals surface area (Å²) in [5.74, 6) is 0. The third-order valence-electron chi connectivity index (χ3n) is 18.0. The lowest BCUT2D eigenvalue weighted by Gasteiger charge is -2.41. The van der Waals surface area contributed by atoms with Crippen LogP contribution >= 0.6 is 0 Å².